The lowest BCUT2D eigenvalue weighted by Gasteiger charge is -2.22. The van der Waals surface area contributed by atoms with Crippen molar-refractivity contribution in [1.29, 1.82) is 0 Å². The van der Waals surface area contributed by atoms with Gasteiger partial charge in [-0.15, -0.1) is 46.4 Å². The second kappa shape index (κ2) is 13.1. The molecule has 0 rings (SSSR count). The summed E-state index contributed by atoms with van der Waals surface area (Å²) in [5.41, 5.74) is 0. The fourth-order valence-electron chi connectivity index (χ4n) is 1.62. The molecule has 0 saturated carbocycles. The molecule has 0 fully saturated rings. The molecule has 0 bridgehead atoms. The van der Waals surface area contributed by atoms with Crippen LogP contribution in [0.1, 0.15) is 0 Å². The van der Waals surface area contributed by atoms with Gasteiger partial charge in [-0.05, 0) is 0 Å². The van der Waals surface area contributed by atoms with Crippen molar-refractivity contribution >= 4 is 66.8 Å². The molecule has 0 aliphatic heterocycles. The fourth-order valence-corrected chi connectivity index (χ4v) is 5.25. The van der Waals surface area contributed by atoms with Crippen LogP contribution >= 0.6 is 46.4 Å². The van der Waals surface area contributed by atoms with Gasteiger partial charge >= 0.3 is 0 Å². The Labute approximate surface area is 164 Å². The molecule has 0 aromatic heterocycles. The van der Waals surface area contributed by atoms with Crippen molar-refractivity contribution in [3.8, 4) is 0 Å². The van der Waals surface area contributed by atoms with Crippen LogP contribution in [-0.2, 0) is 20.4 Å². The van der Waals surface area contributed by atoms with Gasteiger partial charge in [0.05, 0.1) is 0 Å². The molecule has 0 spiro atoms. The number of nitrogens with zero attached hydrogens (tertiary/aromatic N) is 2. The molecule has 0 aromatic rings. The summed E-state index contributed by atoms with van der Waals surface area (Å²) < 4.78 is 55.0. The summed E-state index contributed by atoms with van der Waals surface area (Å²) in [4.78, 5) is 0. The van der Waals surface area contributed by atoms with E-state index in [4.69, 9.17) is 46.4 Å². The SMILES string of the molecule is O=S(=O)(NCCNS(=O)(=O)N(CCCl)CCCl)N(CCCl)CCCl. The van der Waals surface area contributed by atoms with E-state index in [2.05, 4.69) is 9.44 Å². The highest BCUT2D eigenvalue weighted by Crippen LogP contribution is 2.01. The van der Waals surface area contributed by atoms with Crippen molar-refractivity contribution in [3.63, 3.8) is 0 Å². The zero-order valence-electron chi connectivity index (χ0n) is 12.9. The Morgan fingerprint density at radius 2 is 0.833 bits per heavy atom. The average Bonchev–Trinajstić information content (AvgIpc) is 2.51. The minimum Gasteiger partial charge on any atom is -0.201 e. The summed E-state index contributed by atoms with van der Waals surface area (Å²) in [6, 6.07) is 0. The van der Waals surface area contributed by atoms with Crippen LogP contribution in [0.15, 0.2) is 0 Å². The molecule has 0 radical (unpaired) electrons. The Morgan fingerprint density at radius 1 is 0.583 bits per heavy atom. The molecule has 14 heteroatoms. The van der Waals surface area contributed by atoms with E-state index in [1.165, 1.54) is 0 Å². The summed E-state index contributed by atoms with van der Waals surface area (Å²) in [5, 5.41) is 0. The molecule has 0 amide bonds. The monoisotopic (exact) mass is 466 g/mol. The van der Waals surface area contributed by atoms with Gasteiger partial charge in [0.2, 0.25) is 0 Å². The molecule has 0 aromatic carbocycles. The lowest BCUT2D eigenvalue weighted by molar-refractivity contribution is 0.431. The quantitative estimate of drug-likeness (QED) is 0.265. The maximum absolute atomic E-state index is 12.0. The highest BCUT2D eigenvalue weighted by atomic mass is 35.5. The molecular formula is C10H22Cl4N4O4S2. The van der Waals surface area contributed by atoms with Gasteiger partial charge in [-0.2, -0.15) is 25.4 Å². The molecule has 24 heavy (non-hydrogen) atoms. The third-order valence-corrected chi connectivity index (χ3v) is 6.61. The first-order valence-corrected chi connectivity index (χ1v) is 12.0. The van der Waals surface area contributed by atoms with Crippen LogP contribution in [0.2, 0.25) is 0 Å². The fraction of sp³-hybridized carbons (Fsp3) is 1.00. The van der Waals surface area contributed by atoms with Crippen molar-refractivity contribution in [1.82, 2.24) is 18.1 Å². The molecule has 0 heterocycles. The zero-order valence-corrected chi connectivity index (χ0v) is 17.6. The summed E-state index contributed by atoms with van der Waals surface area (Å²) in [6.07, 6.45) is 0. The topological polar surface area (TPSA) is 98.8 Å². The number of hydrogen-bond donors (Lipinski definition) is 2. The highest BCUT2D eigenvalue weighted by molar-refractivity contribution is 7.87. The lowest BCUT2D eigenvalue weighted by atomic mass is 10.6. The lowest BCUT2D eigenvalue weighted by Crippen LogP contribution is -2.47. The molecule has 0 aliphatic carbocycles. The van der Waals surface area contributed by atoms with Crippen molar-refractivity contribution < 1.29 is 16.8 Å². The summed E-state index contributed by atoms with van der Waals surface area (Å²) in [5.74, 6) is 0.485. The summed E-state index contributed by atoms with van der Waals surface area (Å²) >= 11 is 22.2. The maximum atomic E-state index is 12.0. The van der Waals surface area contributed by atoms with Gasteiger partial charge in [0, 0.05) is 62.8 Å². The van der Waals surface area contributed by atoms with Gasteiger partial charge in [0.25, 0.3) is 20.4 Å². The third kappa shape index (κ3) is 9.56. The number of nitrogens with one attached hydrogen (secondary N) is 2. The van der Waals surface area contributed by atoms with Crippen LogP contribution in [0, 0.1) is 0 Å². The molecule has 2 N–H and O–H groups in total. The second-order valence-corrected chi connectivity index (χ2v) is 9.38. The van der Waals surface area contributed by atoms with E-state index in [1.807, 2.05) is 0 Å². The molecule has 146 valence electrons. The van der Waals surface area contributed by atoms with Gasteiger partial charge in [0.15, 0.2) is 0 Å². The van der Waals surface area contributed by atoms with Gasteiger partial charge in [0.1, 0.15) is 0 Å². The van der Waals surface area contributed by atoms with Gasteiger partial charge in [-0.3, -0.25) is 0 Å². The molecule has 8 nitrogen and oxygen atoms in total. The van der Waals surface area contributed by atoms with E-state index in [-0.39, 0.29) is 62.8 Å². The minimum absolute atomic E-state index is 0.106. The predicted molar refractivity (Wildman–Crippen MR) is 99.9 cm³/mol. The number of halogens is 4. The first kappa shape index (κ1) is 24.9. The summed E-state index contributed by atoms with van der Waals surface area (Å²) in [7, 11) is -7.56. The highest BCUT2D eigenvalue weighted by Gasteiger charge is 2.22. The molecule has 0 aliphatic rings. The van der Waals surface area contributed by atoms with Crippen molar-refractivity contribution in [2.75, 3.05) is 62.8 Å². The Kier molecular flexibility index (Phi) is 13.6. The number of alkyl halides is 4. The van der Waals surface area contributed by atoms with E-state index in [1.54, 1.807) is 0 Å². The van der Waals surface area contributed by atoms with Crippen LogP contribution in [0.3, 0.4) is 0 Å². The Balaban J connectivity index is 4.53. The van der Waals surface area contributed by atoms with Crippen LogP contribution in [-0.4, -0.2) is 88.2 Å². The van der Waals surface area contributed by atoms with Gasteiger partial charge in [-0.25, -0.2) is 9.44 Å². The predicted octanol–water partition coefficient (Wildman–Crippen LogP) is 0.214. The molecular weight excluding hydrogens is 446 g/mol. The van der Waals surface area contributed by atoms with Crippen LogP contribution < -0.4 is 9.44 Å². The Hall–Kier alpha value is 0.900. The van der Waals surface area contributed by atoms with Crippen LogP contribution in [0.5, 0.6) is 0 Å². The van der Waals surface area contributed by atoms with E-state index in [9.17, 15) is 16.8 Å². The molecule has 0 unspecified atom stereocenters. The van der Waals surface area contributed by atoms with Crippen molar-refractivity contribution in [2.45, 2.75) is 0 Å². The van der Waals surface area contributed by atoms with Crippen molar-refractivity contribution in [3.05, 3.63) is 0 Å². The number of rotatable bonds is 15. The van der Waals surface area contributed by atoms with E-state index in [0.29, 0.717) is 0 Å². The second-order valence-electron chi connectivity index (χ2n) is 4.35. The van der Waals surface area contributed by atoms with E-state index in [0.717, 1.165) is 8.61 Å². The molecule has 0 atom stereocenters. The summed E-state index contributed by atoms with van der Waals surface area (Å²) in [6.45, 7) is 0.169. The van der Waals surface area contributed by atoms with E-state index < -0.39 is 20.4 Å². The Morgan fingerprint density at radius 3 is 1.04 bits per heavy atom. The standard InChI is InChI=1S/C10H22Cl4N4O4S2/c11-1-7-17(8-2-12)23(19,20)15-5-6-16-24(21,22)18(9-3-13)10-4-14/h15-16H,1-10H2. The van der Waals surface area contributed by atoms with Crippen LogP contribution in [0.25, 0.3) is 0 Å². The Bertz CT molecular complexity index is 475. The van der Waals surface area contributed by atoms with E-state index >= 15 is 0 Å². The average molecular weight is 468 g/mol. The molecule has 0 saturated heterocycles. The van der Waals surface area contributed by atoms with Crippen molar-refractivity contribution in [2.24, 2.45) is 0 Å². The minimum atomic E-state index is -3.78. The normalized spacial score (nSPS) is 13.1. The first-order valence-electron chi connectivity index (χ1n) is 6.98. The zero-order chi connectivity index (χ0) is 18.6. The van der Waals surface area contributed by atoms with Gasteiger partial charge < -0.3 is 0 Å². The largest absolute Gasteiger partial charge is 0.279 e. The number of hydrogen-bond acceptors (Lipinski definition) is 4. The third-order valence-electron chi connectivity index (χ3n) is 2.71. The van der Waals surface area contributed by atoms with Crippen LogP contribution in [0.4, 0.5) is 0 Å². The first-order chi connectivity index (χ1) is 11.2. The van der Waals surface area contributed by atoms with Gasteiger partial charge in [-0.1, -0.05) is 0 Å². The maximum Gasteiger partial charge on any atom is 0.279 e. The smallest absolute Gasteiger partial charge is 0.201 e.